The number of fused-ring (bicyclic) bond motifs is 2. The fraction of sp³-hybridized carbons (Fsp3) is 0.263. The molecule has 0 saturated heterocycles. The Labute approximate surface area is 271 Å². The van der Waals surface area contributed by atoms with E-state index in [1.165, 1.54) is 23.7 Å². The summed E-state index contributed by atoms with van der Waals surface area (Å²) in [6, 6.07) is 20.2. The molecule has 1 atom stereocenters. The van der Waals surface area contributed by atoms with Gasteiger partial charge in [-0.25, -0.2) is 0 Å². The van der Waals surface area contributed by atoms with Crippen molar-refractivity contribution in [2.45, 2.75) is 59.2 Å². The molecule has 3 aromatic carbocycles. The molecule has 0 radical (unpaired) electrons. The third-order valence-corrected chi connectivity index (χ3v) is 9.37. The summed E-state index contributed by atoms with van der Waals surface area (Å²) in [6.45, 7) is 7.96. The zero-order valence-electron chi connectivity index (χ0n) is 26.7. The molecule has 4 aromatic rings. The Bertz CT molecular complexity index is 1950. The van der Waals surface area contributed by atoms with Crippen LogP contribution in [0.5, 0.6) is 0 Å². The Morgan fingerprint density at radius 2 is 1.47 bits per heavy atom. The van der Waals surface area contributed by atoms with Crippen LogP contribution in [-0.4, -0.2) is 23.6 Å². The summed E-state index contributed by atoms with van der Waals surface area (Å²) in [4.78, 5) is 9.24. The highest BCUT2D eigenvalue weighted by Gasteiger charge is 2.47. The lowest BCUT2D eigenvalue weighted by Gasteiger charge is -2.32. The van der Waals surface area contributed by atoms with Crippen molar-refractivity contribution in [1.29, 1.82) is 0 Å². The van der Waals surface area contributed by atoms with Crippen LogP contribution in [0.25, 0.3) is 16.7 Å². The minimum absolute atomic E-state index is 0.0653. The molecule has 1 aliphatic heterocycles. The predicted molar refractivity (Wildman–Crippen MR) is 178 cm³/mol. The first-order chi connectivity index (χ1) is 22.0. The minimum atomic E-state index is -4.69. The fourth-order valence-corrected chi connectivity index (χ4v) is 6.82. The van der Waals surface area contributed by atoms with Crippen molar-refractivity contribution < 1.29 is 26.3 Å². The summed E-state index contributed by atoms with van der Waals surface area (Å²) in [5.41, 5.74) is 5.50. The third kappa shape index (κ3) is 6.08. The van der Waals surface area contributed by atoms with E-state index in [2.05, 4.69) is 37.0 Å². The summed E-state index contributed by atoms with van der Waals surface area (Å²) in [5.74, 6) is -0.185. The molecule has 1 unspecified atom stereocenters. The van der Waals surface area contributed by atoms with Crippen molar-refractivity contribution >= 4 is 34.6 Å². The lowest BCUT2D eigenvalue weighted by Crippen LogP contribution is -2.52. The van der Waals surface area contributed by atoms with Gasteiger partial charge in [-0.1, -0.05) is 97.2 Å². The Morgan fingerprint density at radius 1 is 0.766 bits per heavy atom. The topological polar surface area (TPSA) is 25.2 Å². The number of pyridine rings is 1. The summed E-state index contributed by atoms with van der Waals surface area (Å²) >= 11 is 0. The molecule has 47 heavy (non-hydrogen) atoms. The molecule has 2 nitrogen and oxygen atoms in total. The molecule has 0 N–H and O–H groups in total. The Balaban J connectivity index is 1.45. The molecule has 0 fully saturated rings. The number of aliphatic imine (C=N–C) groups is 1. The number of alkyl halides is 6. The van der Waals surface area contributed by atoms with Crippen LogP contribution in [0.15, 0.2) is 96.1 Å². The summed E-state index contributed by atoms with van der Waals surface area (Å²) in [5, 5.41) is 0. The number of halogens is 6. The lowest BCUT2D eigenvalue weighted by atomic mass is 9.30. The van der Waals surface area contributed by atoms with Crippen LogP contribution in [-0.2, 0) is 12.6 Å². The van der Waals surface area contributed by atoms with Gasteiger partial charge in [0.05, 0.1) is 22.4 Å². The predicted octanol–water partition coefficient (Wildman–Crippen LogP) is 9.54. The fourth-order valence-electron chi connectivity index (χ4n) is 6.82. The van der Waals surface area contributed by atoms with Crippen molar-refractivity contribution in [3.05, 3.63) is 125 Å². The van der Waals surface area contributed by atoms with E-state index in [-0.39, 0.29) is 30.1 Å². The third-order valence-electron chi connectivity index (χ3n) is 9.37. The van der Waals surface area contributed by atoms with Gasteiger partial charge in [-0.2, -0.15) is 26.3 Å². The second-order valence-electron chi connectivity index (χ2n) is 13.2. The van der Waals surface area contributed by atoms with E-state index >= 15 is 0 Å². The number of aromatic nitrogens is 1. The number of aryl methyl sites for hydroxylation is 3. The molecule has 9 heteroatoms. The zero-order chi connectivity index (χ0) is 33.9. The van der Waals surface area contributed by atoms with E-state index in [4.69, 9.17) is 4.99 Å². The van der Waals surface area contributed by atoms with Gasteiger partial charge in [0.25, 0.3) is 0 Å². The van der Waals surface area contributed by atoms with Crippen LogP contribution in [0.3, 0.4) is 0 Å². The normalized spacial score (nSPS) is 16.4. The highest BCUT2D eigenvalue weighted by atomic mass is 19.4. The van der Waals surface area contributed by atoms with Gasteiger partial charge in [-0.05, 0) is 78.7 Å². The van der Waals surface area contributed by atoms with Gasteiger partial charge in [-0.15, -0.1) is 0 Å². The van der Waals surface area contributed by atoms with Gasteiger partial charge >= 0.3 is 12.4 Å². The minimum Gasteiger partial charge on any atom is -0.256 e. The van der Waals surface area contributed by atoms with Gasteiger partial charge in [0.15, 0.2) is 0 Å². The van der Waals surface area contributed by atoms with E-state index in [1.54, 1.807) is 13.0 Å². The summed E-state index contributed by atoms with van der Waals surface area (Å²) < 4.78 is 83.7. The van der Waals surface area contributed by atoms with Crippen LogP contribution < -0.4 is 10.9 Å². The zero-order valence-corrected chi connectivity index (χ0v) is 26.7. The van der Waals surface area contributed by atoms with Gasteiger partial charge in [-0.3, -0.25) is 9.98 Å². The maximum atomic E-state index is 14.3. The van der Waals surface area contributed by atoms with Crippen LogP contribution in [0.4, 0.5) is 32.0 Å². The first-order valence-corrected chi connectivity index (χ1v) is 15.4. The largest absolute Gasteiger partial charge is 0.418 e. The van der Waals surface area contributed by atoms with E-state index < -0.39 is 23.3 Å². The Hall–Kier alpha value is -4.40. The van der Waals surface area contributed by atoms with E-state index in [0.29, 0.717) is 22.4 Å². The molecular weight excluding hydrogens is 609 g/mol. The monoisotopic (exact) mass is 642 g/mol. The van der Waals surface area contributed by atoms with Crippen LogP contribution >= 0.6 is 0 Å². The molecule has 6 rings (SSSR count). The van der Waals surface area contributed by atoms with E-state index in [0.717, 1.165) is 48.0 Å². The molecule has 0 amide bonds. The summed E-state index contributed by atoms with van der Waals surface area (Å²) in [7, 11) is 0. The number of benzene rings is 3. The number of rotatable bonds is 5. The van der Waals surface area contributed by atoms with Gasteiger partial charge < -0.3 is 0 Å². The average Bonchev–Trinajstić information content (AvgIpc) is 2.99. The van der Waals surface area contributed by atoms with E-state index in [1.807, 2.05) is 42.5 Å². The second kappa shape index (κ2) is 11.7. The lowest BCUT2D eigenvalue weighted by molar-refractivity contribution is -0.211. The highest BCUT2D eigenvalue weighted by Crippen LogP contribution is 2.43. The van der Waals surface area contributed by atoms with Crippen LogP contribution in [0.2, 0.25) is 5.82 Å². The SMILES string of the molecule is Cc1cc(CC(C)(C)C(F)(F)F)ccc1-c1cc(C2=CC3B(c4c(C)cccc4C)c4ccccc4N=C3C=C2)ncc1C(F)(F)F. The van der Waals surface area contributed by atoms with Crippen molar-refractivity contribution in [3.8, 4) is 11.1 Å². The molecule has 2 aliphatic rings. The smallest absolute Gasteiger partial charge is 0.256 e. The molecule has 240 valence electrons. The van der Waals surface area contributed by atoms with E-state index in [9.17, 15) is 26.3 Å². The second-order valence-corrected chi connectivity index (χ2v) is 13.2. The maximum Gasteiger partial charge on any atom is 0.418 e. The van der Waals surface area contributed by atoms with Crippen LogP contribution in [0, 0.1) is 26.2 Å². The van der Waals surface area contributed by atoms with Crippen molar-refractivity contribution in [2.75, 3.05) is 0 Å². The van der Waals surface area contributed by atoms with Crippen molar-refractivity contribution in [1.82, 2.24) is 4.98 Å². The number of hydrogen-bond acceptors (Lipinski definition) is 2. The van der Waals surface area contributed by atoms with Crippen molar-refractivity contribution in [2.24, 2.45) is 10.4 Å². The number of allylic oxidation sites excluding steroid dienone is 4. The number of para-hydroxylation sites is 1. The quantitative estimate of drug-likeness (QED) is 0.157. The Morgan fingerprint density at radius 3 is 2.13 bits per heavy atom. The highest BCUT2D eigenvalue weighted by molar-refractivity contribution is 6.91. The molecule has 0 spiro atoms. The first kappa shape index (κ1) is 32.5. The van der Waals surface area contributed by atoms with Gasteiger partial charge in [0.2, 0.25) is 6.71 Å². The summed E-state index contributed by atoms with van der Waals surface area (Å²) in [6.07, 6.45) is -2.77. The maximum absolute atomic E-state index is 14.3. The number of hydrogen-bond donors (Lipinski definition) is 0. The average molecular weight is 642 g/mol. The first-order valence-electron chi connectivity index (χ1n) is 15.4. The molecular formula is C38H33BF6N2. The molecule has 1 aromatic heterocycles. The molecule has 1 aliphatic carbocycles. The molecule has 0 bridgehead atoms. The standard InChI is InChI=1S/C38H33BF6N2/c1-22-9-8-10-23(2)35(22)39-30-11-6-7-12-32(30)47-33-16-14-26(18-31(33)39)34-19-28(29(21-46-34)37(40,41)42)27-15-13-25(17-24(27)3)20-36(4,5)38(43,44)45/h6-19,21,31H,20H2,1-5H3. The van der Waals surface area contributed by atoms with Gasteiger partial charge in [0, 0.05) is 17.7 Å². The number of nitrogens with zero attached hydrogens (tertiary/aromatic N) is 2. The Kier molecular flexibility index (Phi) is 8.09. The van der Waals surface area contributed by atoms with Gasteiger partial charge in [0.1, 0.15) is 0 Å². The molecule has 0 saturated carbocycles. The van der Waals surface area contributed by atoms with Crippen LogP contribution in [0.1, 0.15) is 47.4 Å². The van der Waals surface area contributed by atoms with Crippen molar-refractivity contribution in [3.63, 3.8) is 0 Å². The molecule has 2 heterocycles.